The largest absolute Gasteiger partial charge is 0.365 e. The van der Waals surface area contributed by atoms with Crippen molar-refractivity contribution in [1.82, 2.24) is 14.5 Å². The van der Waals surface area contributed by atoms with Crippen LogP contribution >= 0.6 is 11.3 Å². The van der Waals surface area contributed by atoms with Crippen LogP contribution in [0.2, 0.25) is 0 Å². The van der Waals surface area contributed by atoms with E-state index in [9.17, 15) is 4.79 Å². The van der Waals surface area contributed by atoms with Gasteiger partial charge in [0, 0.05) is 43.5 Å². The summed E-state index contributed by atoms with van der Waals surface area (Å²) >= 11 is 1.62. The van der Waals surface area contributed by atoms with Gasteiger partial charge in [-0.1, -0.05) is 6.92 Å². The number of hydrogen-bond donors (Lipinski definition) is 1. The summed E-state index contributed by atoms with van der Waals surface area (Å²) in [5, 5.41) is 6.07. The second-order valence-corrected chi connectivity index (χ2v) is 4.77. The molecule has 0 spiro atoms. The summed E-state index contributed by atoms with van der Waals surface area (Å²) < 4.78 is 1.50. The van der Waals surface area contributed by atoms with Crippen molar-refractivity contribution in [2.75, 3.05) is 11.9 Å². The highest BCUT2D eigenvalue weighted by molar-refractivity contribution is 7.09. The van der Waals surface area contributed by atoms with Gasteiger partial charge in [0.15, 0.2) is 5.82 Å². The van der Waals surface area contributed by atoms with Gasteiger partial charge in [-0.15, -0.1) is 11.3 Å². The van der Waals surface area contributed by atoms with Crippen LogP contribution in [0.5, 0.6) is 0 Å². The van der Waals surface area contributed by atoms with Crippen molar-refractivity contribution in [2.45, 2.75) is 12.8 Å². The van der Waals surface area contributed by atoms with Crippen molar-refractivity contribution in [3.8, 4) is 0 Å². The van der Waals surface area contributed by atoms with Crippen molar-refractivity contribution in [1.29, 1.82) is 0 Å². The monoisotopic (exact) mass is 250 g/mol. The van der Waals surface area contributed by atoms with E-state index >= 15 is 0 Å². The van der Waals surface area contributed by atoms with Crippen molar-refractivity contribution in [3.05, 3.63) is 39.3 Å². The van der Waals surface area contributed by atoms with Gasteiger partial charge < -0.3 is 9.88 Å². The van der Waals surface area contributed by atoms with Gasteiger partial charge in [-0.25, -0.2) is 9.97 Å². The fourth-order valence-electron chi connectivity index (χ4n) is 1.43. The number of nitrogens with zero attached hydrogens (tertiary/aromatic N) is 3. The molecule has 1 unspecified atom stereocenters. The molecule has 1 atom stereocenters. The van der Waals surface area contributed by atoms with Crippen LogP contribution in [0.3, 0.4) is 0 Å². The lowest BCUT2D eigenvalue weighted by Gasteiger charge is -2.10. The standard InChI is InChI=1S/C11H14N4OS/c1-8(10-13-4-6-17-10)7-14-9-11(16)15(2)5-3-12-9/h3-6,8H,7H2,1-2H3,(H,12,14). The number of hydrogen-bond acceptors (Lipinski definition) is 5. The van der Waals surface area contributed by atoms with Gasteiger partial charge in [-0.3, -0.25) is 4.79 Å². The smallest absolute Gasteiger partial charge is 0.293 e. The Kier molecular flexibility index (Phi) is 3.53. The quantitative estimate of drug-likeness (QED) is 0.892. The Hall–Kier alpha value is -1.69. The average molecular weight is 250 g/mol. The summed E-state index contributed by atoms with van der Waals surface area (Å²) in [6.07, 6.45) is 5.03. The molecule has 0 saturated heterocycles. The Morgan fingerprint density at radius 2 is 2.29 bits per heavy atom. The van der Waals surface area contributed by atoms with Crippen LogP contribution < -0.4 is 10.9 Å². The van der Waals surface area contributed by atoms with E-state index in [2.05, 4.69) is 22.2 Å². The Balaban J connectivity index is 2.03. The van der Waals surface area contributed by atoms with Crippen molar-refractivity contribution in [2.24, 2.45) is 7.05 Å². The Labute approximate surface area is 103 Å². The molecule has 2 aromatic heterocycles. The molecule has 17 heavy (non-hydrogen) atoms. The van der Waals surface area contributed by atoms with Crippen molar-refractivity contribution < 1.29 is 0 Å². The van der Waals surface area contributed by atoms with Crippen LogP contribution in [-0.2, 0) is 7.05 Å². The van der Waals surface area contributed by atoms with Gasteiger partial charge in [-0.05, 0) is 0 Å². The molecule has 0 amide bonds. The van der Waals surface area contributed by atoms with Gasteiger partial charge in [-0.2, -0.15) is 0 Å². The van der Waals surface area contributed by atoms with E-state index in [1.165, 1.54) is 4.57 Å². The number of nitrogens with one attached hydrogen (secondary N) is 1. The van der Waals surface area contributed by atoms with E-state index in [1.807, 2.05) is 5.38 Å². The molecule has 2 aromatic rings. The minimum atomic E-state index is -0.112. The van der Waals surface area contributed by atoms with E-state index in [4.69, 9.17) is 0 Å². The third-order valence-electron chi connectivity index (χ3n) is 2.47. The fourth-order valence-corrected chi connectivity index (χ4v) is 2.13. The van der Waals surface area contributed by atoms with Crippen LogP contribution in [0.15, 0.2) is 28.8 Å². The Morgan fingerprint density at radius 1 is 1.47 bits per heavy atom. The minimum Gasteiger partial charge on any atom is -0.365 e. The third kappa shape index (κ3) is 2.71. The lowest BCUT2D eigenvalue weighted by molar-refractivity contribution is 0.779. The molecule has 0 bridgehead atoms. The first kappa shape index (κ1) is 11.8. The maximum absolute atomic E-state index is 11.7. The molecule has 0 aromatic carbocycles. The minimum absolute atomic E-state index is 0.112. The first-order valence-corrected chi connectivity index (χ1v) is 6.21. The summed E-state index contributed by atoms with van der Waals surface area (Å²) in [7, 11) is 1.71. The van der Waals surface area contributed by atoms with Gasteiger partial charge in [0.2, 0.25) is 0 Å². The summed E-state index contributed by atoms with van der Waals surface area (Å²) in [6, 6.07) is 0. The zero-order chi connectivity index (χ0) is 12.3. The highest BCUT2D eigenvalue weighted by Crippen LogP contribution is 2.17. The topological polar surface area (TPSA) is 59.8 Å². The number of aromatic nitrogens is 3. The van der Waals surface area contributed by atoms with Gasteiger partial charge >= 0.3 is 0 Å². The number of aryl methyl sites for hydroxylation is 1. The fraction of sp³-hybridized carbons (Fsp3) is 0.364. The van der Waals surface area contributed by atoms with E-state index < -0.39 is 0 Å². The molecular weight excluding hydrogens is 236 g/mol. The van der Waals surface area contributed by atoms with Gasteiger partial charge in [0.05, 0.1) is 5.01 Å². The van der Waals surface area contributed by atoms with Gasteiger partial charge in [0.25, 0.3) is 5.56 Å². The maximum Gasteiger partial charge on any atom is 0.293 e. The van der Waals surface area contributed by atoms with Crippen LogP contribution in [0.4, 0.5) is 5.82 Å². The molecule has 0 aliphatic carbocycles. The Bertz CT molecular complexity index is 535. The SMILES string of the molecule is CC(CNc1nccn(C)c1=O)c1nccs1. The highest BCUT2D eigenvalue weighted by Gasteiger charge is 2.09. The predicted octanol–water partition coefficient (Wildman–Crippen LogP) is 1.45. The molecule has 6 heteroatoms. The maximum atomic E-state index is 11.7. The van der Waals surface area contributed by atoms with Crippen molar-refractivity contribution >= 4 is 17.2 Å². The summed E-state index contributed by atoms with van der Waals surface area (Å²) in [5.74, 6) is 0.653. The van der Waals surface area contributed by atoms with E-state index in [0.29, 0.717) is 12.4 Å². The van der Waals surface area contributed by atoms with E-state index in [1.54, 1.807) is 37.0 Å². The molecular formula is C11H14N4OS. The average Bonchev–Trinajstić information content (AvgIpc) is 2.84. The normalized spacial score (nSPS) is 12.4. The molecule has 0 aliphatic rings. The molecule has 1 N–H and O–H groups in total. The van der Waals surface area contributed by atoms with Crippen LogP contribution in [0, 0.1) is 0 Å². The zero-order valence-electron chi connectivity index (χ0n) is 9.75. The predicted molar refractivity (Wildman–Crippen MR) is 68.5 cm³/mol. The molecule has 5 nitrogen and oxygen atoms in total. The van der Waals surface area contributed by atoms with Crippen LogP contribution in [0.1, 0.15) is 17.8 Å². The molecule has 0 fully saturated rings. The number of anilines is 1. The summed E-state index contributed by atoms with van der Waals surface area (Å²) in [5.41, 5.74) is -0.112. The summed E-state index contributed by atoms with van der Waals surface area (Å²) in [4.78, 5) is 20.0. The molecule has 2 rings (SSSR count). The Morgan fingerprint density at radius 3 is 3.00 bits per heavy atom. The highest BCUT2D eigenvalue weighted by atomic mass is 32.1. The molecule has 90 valence electrons. The van der Waals surface area contributed by atoms with E-state index in [0.717, 1.165) is 5.01 Å². The zero-order valence-corrected chi connectivity index (χ0v) is 10.6. The van der Waals surface area contributed by atoms with Crippen LogP contribution in [-0.4, -0.2) is 21.1 Å². The first-order valence-electron chi connectivity index (χ1n) is 5.33. The molecule has 2 heterocycles. The lowest BCUT2D eigenvalue weighted by Crippen LogP contribution is -2.23. The first-order chi connectivity index (χ1) is 8.18. The van der Waals surface area contributed by atoms with Gasteiger partial charge in [0.1, 0.15) is 0 Å². The number of thiazole rings is 1. The molecule has 0 aliphatic heterocycles. The number of rotatable bonds is 4. The molecule has 0 saturated carbocycles. The lowest BCUT2D eigenvalue weighted by atomic mass is 10.2. The van der Waals surface area contributed by atoms with Crippen LogP contribution in [0.25, 0.3) is 0 Å². The second kappa shape index (κ2) is 5.09. The van der Waals surface area contributed by atoms with E-state index in [-0.39, 0.29) is 11.5 Å². The van der Waals surface area contributed by atoms with Crippen molar-refractivity contribution in [3.63, 3.8) is 0 Å². The molecule has 0 radical (unpaired) electrons. The third-order valence-corrected chi connectivity index (χ3v) is 3.47. The summed E-state index contributed by atoms with van der Waals surface area (Å²) in [6.45, 7) is 2.72. The second-order valence-electron chi connectivity index (χ2n) is 3.84.